The Hall–Kier alpha value is -8.04. The molecule has 11 aromatic rings. The molecule has 10 aromatic carbocycles. The van der Waals surface area contributed by atoms with Crippen LogP contribution < -0.4 is 15.9 Å². The van der Waals surface area contributed by atoms with Crippen LogP contribution in [0.25, 0.3) is 78.0 Å². The molecule has 0 atom stereocenters. The molecule has 4 nitrogen and oxygen atoms in total. The molecule has 12 rings (SSSR count). The number of hydrogen-bond donors (Lipinski definition) is 0. The van der Waals surface area contributed by atoms with E-state index in [1.54, 1.807) is 0 Å². The average Bonchev–Trinajstić information content (AvgIpc) is 3.45. The fraction of sp³-hybridized carbons (Fsp3) is 0.0923. The van der Waals surface area contributed by atoms with E-state index in [-0.39, 0.29) is 5.41 Å². The summed E-state index contributed by atoms with van der Waals surface area (Å²) in [4.78, 5) is 15.8. The monoisotopic (exact) mass is 919 g/mol. The largest absolute Gasteiger partial charge is 0.309 e. The molecule has 1 saturated carbocycles. The highest BCUT2D eigenvalue weighted by atomic mass is 31.2. The second kappa shape index (κ2) is 18.5. The molecule has 0 bridgehead atoms. The summed E-state index contributed by atoms with van der Waals surface area (Å²) in [6, 6.07) is 84.7. The number of aromatic nitrogens is 3. The molecule has 1 fully saturated rings. The van der Waals surface area contributed by atoms with Gasteiger partial charge in [-0.25, -0.2) is 15.0 Å². The average molecular weight is 920 g/mol. The van der Waals surface area contributed by atoms with Crippen molar-refractivity contribution in [2.45, 2.75) is 37.5 Å². The maximum absolute atomic E-state index is 15.0. The van der Waals surface area contributed by atoms with Gasteiger partial charge in [-0.2, -0.15) is 0 Å². The summed E-state index contributed by atoms with van der Waals surface area (Å²) in [5.41, 5.74) is 9.99. The highest BCUT2D eigenvalue weighted by molar-refractivity contribution is 7.85. The van der Waals surface area contributed by atoms with Crippen LogP contribution in [0.2, 0.25) is 0 Å². The van der Waals surface area contributed by atoms with Crippen LogP contribution in [0.5, 0.6) is 0 Å². The summed E-state index contributed by atoms with van der Waals surface area (Å²) in [5.74, 6) is 1.94. The van der Waals surface area contributed by atoms with Gasteiger partial charge in [-0.1, -0.05) is 256 Å². The standard InChI is InChI=1S/C65H50N3OP/c69-70(56-21-7-2-8-22-56,57-23-9-3-10-24-57)58-41-35-49(36-42-58)48-31-37-54(38-32-48)65(43-15-4-16-44-65)55-39-33-51(34-40-55)63-66-62(50-29-27-47(28-30-50)46-17-5-1-6-18-46)67-64(68-63)61-59-25-13-11-19-52(59)45-53-20-12-14-26-60(53)61/h1-3,5-14,17-42,45H,4,15-16,43-44H2. The van der Waals surface area contributed by atoms with Crippen molar-refractivity contribution < 1.29 is 4.57 Å². The minimum atomic E-state index is -3.06. The zero-order valence-corrected chi connectivity index (χ0v) is 39.7. The fourth-order valence-electron chi connectivity index (χ4n) is 10.8. The molecule has 0 N–H and O–H groups in total. The Morgan fingerprint density at radius 3 is 1.19 bits per heavy atom. The number of fused-ring (bicyclic) bond motifs is 2. The Labute approximate surface area is 409 Å². The number of rotatable bonds is 10. The van der Waals surface area contributed by atoms with Gasteiger partial charge in [0.05, 0.1) is 0 Å². The van der Waals surface area contributed by atoms with Crippen LogP contribution >= 0.6 is 7.14 Å². The van der Waals surface area contributed by atoms with E-state index in [4.69, 9.17) is 15.0 Å². The molecule has 0 saturated heterocycles. The molecule has 0 amide bonds. The van der Waals surface area contributed by atoms with Crippen LogP contribution in [0, 0.1) is 0 Å². The fourth-order valence-corrected chi connectivity index (χ4v) is 13.5. The lowest BCUT2D eigenvalue weighted by Crippen LogP contribution is -2.30. The third kappa shape index (κ3) is 7.95. The van der Waals surface area contributed by atoms with Crippen molar-refractivity contribution in [3.63, 3.8) is 0 Å². The van der Waals surface area contributed by atoms with Gasteiger partial charge >= 0.3 is 0 Å². The van der Waals surface area contributed by atoms with Crippen LogP contribution in [-0.4, -0.2) is 15.0 Å². The molecule has 0 spiro atoms. The molecule has 1 aromatic heterocycles. The molecule has 0 radical (unpaired) electrons. The molecule has 1 aliphatic carbocycles. The van der Waals surface area contributed by atoms with Gasteiger partial charge in [0.1, 0.15) is 0 Å². The van der Waals surface area contributed by atoms with Crippen molar-refractivity contribution in [1.29, 1.82) is 0 Å². The molecule has 5 heteroatoms. The summed E-state index contributed by atoms with van der Waals surface area (Å²) in [5, 5.41) is 7.03. The van der Waals surface area contributed by atoms with Gasteiger partial charge in [0.15, 0.2) is 24.6 Å². The van der Waals surface area contributed by atoms with Crippen molar-refractivity contribution in [1.82, 2.24) is 15.0 Å². The Morgan fingerprint density at radius 1 is 0.329 bits per heavy atom. The highest BCUT2D eigenvalue weighted by Gasteiger charge is 2.36. The predicted molar refractivity (Wildman–Crippen MR) is 292 cm³/mol. The van der Waals surface area contributed by atoms with Gasteiger partial charge in [0, 0.05) is 38.0 Å². The maximum atomic E-state index is 15.0. The van der Waals surface area contributed by atoms with E-state index in [2.05, 4.69) is 176 Å². The topological polar surface area (TPSA) is 55.7 Å². The SMILES string of the molecule is O=P(c1ccccc1)(c1ccccc1)c1ccc(-c2ccc(C3(c4ccc(-c5nc(-c6ccc(-c7ccccc7)cc6)nc(-c6c7ccccc7cc7ccccc67)n5)cc4)CCCCC3)cc2)cc1. The lowest BCUT2D eigenvalue weighted by molar-refractivity contribution is 0.346. The first-order valence-corrected chi connectivity index (χ1v) is 26.1. The maximum Gasteiger partial charge on any atom is 0.171 e. The first-order valence-electron chi connectivity index (χ1n) is 24.4. The third-order valence-corrected chi connectivity index (χ3v) is 17.6. The van der Waals surface area contributed by atoms with Crippen LogP contribution in [0.3, 0.4) is 0 Å². The van der Waals surface area contributed by atoms with Gasteiger partial charge in [-0.3, -0.25) is 0 Å². The molecule has 336 valence electrons. The molecule has 70 heavy (non-hydrogen) atoms. The van der Waals surface area contributed by atoms with Crippen LogP contribution in [-0.2, 0) is 9.98 Å². The zero-order chi connectivity index (χ0) is 46.9. The van der Waals surface area contributed by atoms with Crippen LogP contribution in [0.1, 0.15) is 43.2 Å². The Balaban J connectivity index is 0.898. The molecular weight excluding hydrogens is 870 g/mol. The first kappa shape index (κ1) is 43.3. The molecule has 0 unspecified atom stereocenters. The number of benzene rings is 10. The number of nitrogens with zero attached hydrogens (tertiary/aromatic N) is 3. The Bertz CT molecular complexity index is 3570. The normalized spacial score (nSPS) is 13.6. The van der Waals surface area contributed by atoms with Gasteiger partial charge in [0.25, 0.3) is 0 Å². The smallest absolute Gasteiger partial charge is 0.171 e. The van der Waals surface area contributed by atoms with Crippen molar-refractivity contribution in [3.8, 4) is 56.4 Å². The summed E-state index contributed by atoms with van der Waals surface area (Å²) in [6.45, 7) is 0. The van der Waals surface area contributed by atoms with Crippen LogP contribution in [0.4, 0.5) is 0 Å². The van der Waals surface area contributed by atoms with Crippen molar-refractivity contribution in [2.75, 3.05) is 0 Å². The lowest BCUT2D eigenvalue weighted by atomic mass is 9.65. The van der Waals surface area contributed by atoms with E-state index in [1.807, 2.05) is 66.7 Å². The van der Waals surface area contributed by atoms with E-state index < -0.39 is 7.14 Å². The zero-order valence-electron chi connectivity index (χ0n) is 38.8. The molecule has 1 heterocycles. The van der Waals surface area contributed by atoms with E-state index in [1.165, 1.54) is 36.0 Å². The number of hydrogen-bond acceptors (Lipinski definition) is 4. The minimum absolute atomic E-state index is 0.116. The third-order valence-electron chi connectivity index (χ3n) is 14.5. The van der Waals surface area contributed by atoms with Gasteiger partial charge < -0.3 is 4.57 Å². The van der Waals surface area contributed by atoms with Crippen molar-refractivity contribution in [2.24, 2.45) is 0 Å². The Kier molecular flexibility index (Phi) is 11.4. The summed E-state index contributed by atoms with van der Waals surface area (Å²) in [7, 11) is -3.06. The van der Waals surface area contributed by atoms with Crippen LogP contribution in [0.15, 0.2) is 243 Å². The van der Waals surface area contributed by atoms with E-state index in [0.29, 0.717) is 17.5 Å². The van der Waals surface area contributed by atoms with Crippen molar-refractivity contribution in [3.05, 3.63) is 254 Å². The van der Waals surface area contributed by atoms with E-state index in [0.717, 1.165) is 83.7 Å². The summed E-state index contributed by atoms with van der Waals surface area (Å²) < 4.78 is 15.0. The summed E-state index contributed by atoms with van der Waals surface area (Å²) in [6.07, 6.45) is 5.77. The predicted octanol–water partition coefficient (Wildman–Crippen LogP) is 15.4. The van der Waals surface area contributed by atoms with E-state index in [9.17, 15) is 0 Å². The molecule has 1 aliphatic rings. The second-order valence-corrected chi connectivity index (χ2v) is 21.3. The van der Waals surface area contributed by atoms with Crippen molar-refractivity contribution >= 4 is 44.6 Å². The highest BCUT2D eigenvalue weighted by Crippen LogP contribution is 2.47. The second-order valence-electron chi connectivity index (χ2n) is 18.6. The molecule has 0 aliphatic heterocycles. The quantitative estimate of drug-likeness (QED) is 0.101. The lowest BCUT2D eigenvalue weighted by Gasteiger charge is -2.39. The van der Waals surface area contributed by atoms with Gasteiger partial charge in [-0.05, 0) is 73.8 Å². The van der Waals surface area contributed by atoms with Gasteiger partial charge in [-0.15, -0.1) is 0 Å². The molecular formula is C65H50N3OP. The summed E-state index contributed by atoms with van der Waals surface area (Å²) >= 11 is 0. The Morgan fingerprint density at radius 2 is 0.686 bits per heavy atom. The minimum Gasteiger partial charge on any atom is -0.309 e. The van der Waals surface area contributed by atoms with E-state index >= 15 is 4.57 Å². The first-order chi connectivity index (χ1) is 34.5. The van der Waals surface area contributed by atoms with Gasteiger partial charge in [0.2, 0.25) is 0 Å².